The Labute approximate surface area is 298 Å². The van der Waals surface area contributed by atoms with Crippen molar-refractivity contribution in [3.05, 3.63) is 24.3 Å². The van der Waals surface area contributed by atoms with Crippen LogP contribution in [0.3, 0.4) is 0 Å². The molecule has 1 aliphatic heterocycles. The third-order valence-corrected chi connectivity index (χ3v) is 9.58. The minimum atomic E-state index is -1.57. The topological polar surface area (TPSA) is 149 Å². The number of aliphatic hydroxyl groups excluding tert-OH is 5. The van der Waals surface area contributed by atoms with Crippen LogP contribution in [0.2, 0.25) is 0 Å². The molecule has 7 atom stereocenters. The van der Waals surface area contributed by atoms with Gasteiger partial charge in [-0.15, -0.1) is 0 Å². The molecule has 1 amide bonds. The van der Waals surface area contributed by atoms with Gasteiger partial charge in [0.05, 0.1) is 25.4 Å². The molecule has 0 spiro atoms. The van der Waals surface area contributed by atoms with E-state index in [4.69, 9.17) is 9.47 Å². The molecule has 2 unspecified atom stereocenters. The maximum Gasteiger partial charge on any atom is 0.220 e. The van der Waals surface area contributed by atoms with E-state index in [0.29, 0.717) is 6.42 Å². The predicted molar refractivity (Wildman–Crippen MR) is 198 cm³/mol. The fourth-order valence-electron chi connectivity index (χ4n) is 6.27. The summed E-state index contributed by atoms with van der Waals surface area (Å²) in [7, 11) is 0. The normalized spacial score (nSPS) is 22.6. The van der Waals surface area contributed by atoms with Gasteiger partial charge in [0.15, 0.2) is 6.29 Å². The second-order valence-electron chi connectivity index (χ2n) is 14.1. The summed E-state index contributed by atoms with van der Waals surface area (Å²) < 4.78 is 11.1. The highest BCUT2D eigenvalue weighted by Gasteiger charge is 2.44. The quantitative estimate of drug-likeness (QED) is 0.0320. The van der Waals surface area contributed by atoms with Crippen molar-refractivity contribution >= 4 is 5.91 Å². The Bertz CT molecular complexity index is 822. The zero-order valence-electron chi connectivity index (χ0n) is 31.2. The minimum Gasteiger partial charge on any atom is -0.394 e. The first-order valence-electron chi connectivity index (χ1n) is 20.1. The van der Waals surface area contributed by atoms with Crippen molar-refractivity contribution in [2.75, 3.05) is 13.2 Å². The summed E-state index contributed by atoms with van der Waals surface area (Å²) in [6.45, 7) is 3.70. The summed E-state index contributed by atoms with van der Waals surface area (Å²) >= 11 is 0. The standard InChI is InChI=1S/C40H75NO8/c1-3-5-7-9-11-13-15-16-17-18-19-20-22-24-26-28-30-36(44)41-33(32-48-40-39(47)38(46)37(45)35(31-42)49-40)34(43)29-27-25-23-21-14-12-10-8-6-4-2/h23,25,27,29,33-35,37-40,42-43,45-47H,3-22,24,26,28,30-32H2,1-2H3,(H,41,44)/b25-23+,29-27+/t33-,34+,35-,37-,38?,39?,40-/m0/s1. The van der Waals surface area contributed by atoms with E-state index in [1.165, 1.54) is 116 Å². The van der Waals surface area contributed by atoms with Crippen LogP contribution >= 0.6 is 0 Å². The first-order chi connectivity index (χ1) is 23.8. The number of ether oxygens (including phenoxy) is 2. The van der Waals surface area contributed by atoms with Crippen molar-refractivity contribution in [1.29, 1.82) is 0 Å². The highest BCUT2D eigenvalue weighted by Crippen LogP contribution is 2.22. The van der Waals surface area contributed by atoms with Crippen LogP contribution in [0.1, 0.15) is 168 Å². The van der Waals surface area contributed by atoms with Gasteiger partial charge in [-0.25, -0.2) is 0 Å². The predicted octanol–water partition coefficient (Wildman–Crippen LogP) is 7.16. The van der Waals surface area contributed by atoms with Crippen molar-refractivity contribution < 1.29 is 39.8 Å². The van der Waals surface area contributed by atoms with Gasteiger partial charge in [0.1, 0.15) is 24.4 Å². The van der Waals surface area contributed by atoms with Gasteiger partial charge in [-0.1, -0.05) is 167 Å². The molecule has 6 N–H and O–H groups in total. The SMILES string of the molecule is CCCCCCCC/C=C/C=C/[C@@H](O)[C@H](CO[C@H]1O[C@@H](CO)[C@H](O)C(O)C1O)NC(=O)CCCCCCCCCCCCCCCCCC. The lowest BCUT2D eigenvalue weighted by Gasteiger charge is -2.40. The highest BCUT2D eigenvalue weighted by atomic mass is 16.7. The van der Waals surface area contributed by atoms with Crippen LogP contribution in [-0.4, -0.2) is 87.5 Å². The van der Waals surface area contributed by atoms with Gasteiger partial charge in [-0.2, -0.15) is 0 Å². The van der Waals surface area contributed by atoms with E-state index in [1.54, 1.807) is 12.2 Å². The molecule has 1 rings (SSSR count). The van der Waals surface area contributed by atoms with Crippen LogP contribution in [0.5, 0.6) is 0 Å². The van der Waals surface area contributed by atoms with Crippen LogP contribution < -0.4 is 5.32 Å². The minimum absolute atomic E-state index is 0.196. The fourth-order valence-corrected chi connectivity index (χ4v) is 6.27. The van der Waals surface area contributed by atoms with Gasteiger partial charge >= 0.3 is 0 Å². The largest absolute Gasteiger partial charge is 0.394 e. The maximum absolute atomic E-state index is 12.9. The molecule has 0 bridgehead atoms. The molecule has 0 aromatic rings. The monoisotopic (exact) mass is 698 g/mol. The van der Waals surface area contributed by atoms with E-state index in [9.17, 15) is 30.3 Å². The molecule has 0 radical (unpaired) electrons. The first kappa shape index (κ1) is 45.7. The van der Waals surface area contributed by atoms with E-state index in [-0.39, 0.29) is 12.5 Å². The lowest BCUT2D eigenvalue weighted by atomic mass is 9.99. The van der Waals surface area contributed by atoms with Crippen molar-refractivity contribution in [3.63, 3.8) is 0 Å². The van der Waals surface area contributed by atoms with E-state index in [1.807, 2.05) is 6.08 Å². The van der Waals surface area contributed by atoms with Gasteiger partial charge in [0.2, 0.25) is 5.91 Å². The molecule has 49 heavy (non-hydrogen) atoms. The summed E-state index contributed by atoms with van der Waals surface area (Å²) in [6, 6.07) is -0.829. The average Bonchev–Trinajstić information content (AvgIpc) is 3.10. The van der Waals surface area contributed by atoms with Crippen LogP contribution in [0.25, 0.3) is 0 Å². The second kappa shape index (κ2) is 31.4. The van der Waals surface area contributed by atoms with Gasteiger partial charge in [-0.05, 0) is 19.3 Å². The molecule has 1 fully saturated rings. The number of amides is 1. The molecular formula is C40H75NO8. The van der Waals surface area contributed by atoms with E-state index >= 15 is 0 Å². The number of carbonyl (C=O) groups excluding carboxylic acids is 1. The van der Waals surface area contributed by atoms with Crippen LogP contribution in [0.15, 0.2) is 24.3 Å². The molecule has 0 saturated carbocycles. The van der Waals surface area contributed by atoms with Gasteiger partial charge in [0.25, 0.3) is 0 Å². The van der Waals surface area contributed by atoms with E-state index in [0.717, 1.165) is 32.1 Å². The summed E-state index contributed by atoms with van der Waals surface area (Å²) in [6.07, 6.45) is 28.1. The van der Waals surface area contributed by atoms with Crippen LogP contribution in [0, 0.1) is 0 Å². The molecule has 0 aliphatic carbocycles. The zero-order valence-corrected chi connectivity index (χ0v) is 31.2. The Morgan fingerprint density at radius 1 is 0.694 bits per heavy atom. The molecule has 9 heteroatoms. The lowest BCUT2D eigenvalue weighted by molar-refractivity contribution is -0.302. The van der Waals surface area contributed by atoms with Crippen molar-refractivity contribution in [3.8, 4) is 0 Å². The number of aliphatic hydroxyl groups is 5. The molecule has 1 aliphatic rings. The zero-order chi connectivity index (χ0) is 36.0. The maximum atomic E-state index is 12.9. The number of unbranched alkanes of at least 4 members (excludes halogenated alkanes) is 21. The lowest BCUT2D eigenvalue weighted by Crippen LogP contribution is -2.60. The third-order valence-electron chi connectivity index (χ3n) is 9.58. The summed E-state index contributed by atoms with van der Waals surface area (Å²) in [5, 5.41) is 53.8. The van der Waals surface area contributed by atoms with Crippen LogP contribution in [0.4, 0.5) is 0 Å². The number of allylic oxidation sites excluding steroid dienone is 3. The van der Waals surface area contributed by atoms with E-state index in [2.05, 4.69) is 25.2 Å². The molecule has 1 heterocycles. The van der Waals surface area contributed by atoms with Gasteiger partial charge in [-0.3, -0.25) is 4.79 Å². The fraction of sp³-hybridized carbons (Fsp3) is 0.875. The molecule has 9 nitrogen and oxygen atoms in total. The molecule has 288 valence electrons. The molecule has 0 aromatic heterocycles. The Hall–Kier alpha value is -1.33. The number of carbonyl (C=O) groups is 1. The van der Waals surface area contributed by atoms with Crippen LogP contribution in [-0.2, 0) is 14.3 Å². The summed E-state index contributed by atoms with van der Waals surface area (Å²) in [5.41, 5.74) is 0. The second-order valence-corrected chi connectivity index (χ2v) is 14.1. The Morgan fingerprint density at radius 2 is 1.18 bits per heavy atom. The Kier molecular flexibility index (Phi) is 29.3. The Morgan fingerprint density at radius 3 is 1.69 bits per heavy atom. The summed E-state index contributed by atoms with van der Waals surface area (Å²) in [4.78, 5) is 12.9. The smallest absolute Gasteiger partial charge is 0.220 e. The summed E-state index contributed by atoms with van der Waals surface area (Å²) in [5.74, 6) is -0.196. The first-order valence-corrected chi connectivity index (χ1v) is 20.1. The van der Waals surface area contributed by atoms with Crippen molar-refractivity contribution in [2.24, 2.45) is 0 Å². The van der Waals surface area contributed by atoms with Gasteiger partial charge < -0.3 is 40.3 Å². The third kappa shape index (κ3) is 23.0. The van der Waals surface area contributed by atoms with Crippen molar-refractivity contribution in [2.45, 2.75) is 211 Å². The Balaban J connectivity index is 2.41. The number of hydrogen-bond acceptors (Lipinski definition) is 8. The molecule has 1 saturated heterocycles. The number of rotatable bonds is 32. The average molecular weight is 698 g/mol. The molecular weight excluding hydrogens is 622 g/mol. The molecule has 0 aromatic carbocycles. The van der Waals surface area contributed by atoms with Crippen molar-refractivity contribution in [1.82, 2.24) is 5.32 Å². The number of hydrogen-bond donors (Lipinski definition) is 6. The number of nitrogens with one attached hydrogen (secondary N) is 1. The van der Waals surface area contributed by atoms with E-state index < -0.39 is 49.5 Å². The van der Waals surface area contributed by atoms with Gasteiger partial charge in [0, 0.05) is 6.42 Å². The highest BCUT2D eigenvalue weighted by molar-refractivity contribution is 5.76.